The van der Waals surface area contributed by atoms with Crippen molar-refractivity contribution < 1.29 is 9.53 Å². The van der Waals surface area contributed by atoms with Crippen LogP contribution in [0.1, 0.15) is 17.3 Å². The van der Waals surface area contributed by atoms with Crippen LogP contribution in [0.3, 0.4) is 0 Å². The summed E-state index contributed by atoms with van der Waals surface area (Å²) in [5.74, 6) is -0.357. The molecule has 0 saturated carbocycles. The molecule has 0 heterocycles. The minimum Gasteiger partial charge on any atom is -0.462 e. The zero-order valence-corrected chi connectivity index (χ0v) is 9.32. The van der Waals surface area contributed by atoms with Crippen LogP contribution in [0.15, 0.2) is 30.9 Å². The Morgan fingerprint density at radius 2 is 2.38 bits per heavy atom. The van der Waals surface area contributed by atoms with Gasteiger partial charge in [-0.1, -0.05) is 6.08 Å². The molecule has 0 spiro atoms. The smallest absolute Gasteiger partial charge is 0.338 e. The van der Waals surface area contributed by atoms with Gasteiger partial charge in [0.15, 0.2) is 0 Å². The first-order valence-electron chi connectivity index (χ1n) is 5.10. The van der Waals surface area contributed by atoms with Crippen LogP contribution in [-0.2, 0) is 4.74 Å². The maximum absolute atomic E-state index is 11.4. The fourth-order valence-corrected chi connectivity index (χ4v) is 1.25. The third-order valence-electron chi connectivity index (χ3n) is 2.00. The second-order valence-corrected chi connectivity index (χ2v) is 3.19. The van der Waals surface area contributed by atoms with Crippen LogP contribution < -0.4 is 11.1 Å². The van der Waals surface area contributed by atoms with Gasteiger partial charge >= 0.3 is 5.97 Å². The first-order valence-corrected chi connectivity index (χ1v) is 5.10. The summed E-state index contributed by atoms with van der Waals surface area (Å²) in [5.41, 5.74) is 7.56. The lowest BCUT2D eigenvalue weighted by Crippen LogP contribution is -2.07. The largest absolute Gasteiger partial charge is 0.462 e. The molecule has 1 aromatic rings. The van der Waals surface area contributed by atoms with Crippen molar-refractivity contribution in [3.63, 3.8) is 0 Å². The molecule has 0 amide bonds. The maximum Gasteiger partial charge on any atom is 0.338 e. The molecule has 4 nitrogen and oxygen atoms in total. The molecule has 86 valence electrons. The van der Waals surface area contributed by atoms with Crippen molar-refractivity contribution >= 4 is 17.3 Å². The Morgan fingerprint density at radius 3 is 2.94 bits per heavy atom. The maximum atomic E-state index is 11.4. The third-order valence-corrected chi connectivity index (χ3v) is 2.00. The number of benzene rings is 1. The highest BCUT2D eigenvalue weighted by atomic mass is 16.5. The number of nitrogens with two attached hydrogens (primary N) is 1. The first kappa shape index (κ1) is 12.1. The van der Waals surface area contributed by atoms with Gasteiger partial charge in [0.05, 0.1) is 23.5 Å². The standard InChI is InChI=1S/C12H16N2O2/c1-3-7-14-11-6-5-9(8-10(11)13)12(15)16-4-2/h3,5-6,8,14H,1,4,7,13H2,2H3. The van der Waals surface area contributed by atoms with Gasteiger partial charge in [-0.05, 0) is 25.1 Å². The molecule has 0 aliphatic carbocycles. The molecule has 0 fully saturated rings. The lowest BCUT2D eigenvalue weighted by atomic mass is 10.1. The Balaban J connectivity index is 2.81. The number of hydrogen-bond acceptors (Lipinski definition) is 4. The van der Waals surface area contributed by atoms with Gasteiger partial charge in [0.2, 0.25) is 0 Å². The number of carbonyl (C=O) groups is 1. The van der Waals surface area contributed by atoms with Crippen molar-refractivity contribution in [1.82, 2.24) is 0 Å². The lowest BCUT2D eigenvalue weighted by Gasteiger charge is -2.08. The molecule has 0 radical (unpaired) electrons. The van der Waals surface area contributed by atoms with E-state index in [4.69, 9.17) is 10.5 Å². The molecule has 0 aliphatic rings. The average Bonchev–Trinajstić information content (AvgIpc) is 2.27. The number of anilines is 2. The first-order chi connectivity index (χ1) is 7.69. The lowest BCUT2D eigenvalue weighted by molar-refractivity contribution is 0.0526. The minimum absolute atomic E-state index is 0.356. The van der Waals surface area contributed by atoms with Crippen molar-refractivity contribution in [2.45, 2.75) is 6.92 Å². The second-order valence-electron chi connectivity index (χ2n) is 3.19. The van der Waals surface area contributed by atoms with E-state index in [1.54, 1.807) is 31.2 Å². The molecular formula is C12H16N2O2. The van der Waals surface area contributed by atoms with Crippen LogP contribution in [0.2, 0.25) is 0 Å². The monoisotopic (exact) mass is 220 g/mol. The zero-order valence-electron chi connectivity index (χ0n) is 9.32. The Kier molecular flexibility index (Phi) is 4.39. The van der Waals surface area contributed by atoms with Crippen molar-refractivity contribution in [3.8, 4) is 0 Å². The molecule has 0 unspecified atom stereocenters. The predicted octanol–water partition coefficient (Wildman–Crippen LogP) is 2.04. The number of ether oxygens (including phenoxy) is 1. The van der Waals surface area contributed by atoms with Crippen LogP contribution in [0, 0.1) is 0 Å². The van der Waals surface area contributed by atoms with E-state index in [0.29, 0.717) is 24.4 Å². The number of hydrogen-bond donors (Lipinski definition) is 2. The highest BCUT2D eigenvalue weighted by Crippen LogP contribution is 2.20. The van der Waals surface area contributed by atoms with Gasteiger partial charge < -0.3 is 15.8 Å². The molecule has 0 aromatic heterocycles. The van der Waals surface area contributed by atoms with Crippen molar-refractivity contribution in [2.24, 2.45) is 0 Å². The van der Waals surface area contributed by atoms with Gasteiger partial charge in [0, 0.05) is 6.54 Å². The van der Waals surface area contributed by atoms with Gasteiger partial charge in [0.1, 0.15) is 0 Å². The molecule has 4 heteroatoms. The fraction of sp³-hybridized carbons (Fsp3) is 0.250. The van der Waals surface area contributed by atoms with Crippen LogP contribution >= 0.6 is 0 Å². The Morgan fingerprint density at radius 1 is 1.62 bits per heavy atom. The van der Waals surface area contributed by atoms with Crippen molar-refractivity contribution in [2.75, 3.05) is 24.2 Å². The Hall–Kier alpha value is -1.97. The summed E-state index contributed by atoms with van der Waals surface area (Å²) < 4.78 is 4.87. The highest BCUT2D eigenvalue weighted by molar-refractivity contribution is 5.91. The molecule has 0 bridgehead atoms. The molecule has 16 heavy (non-hydrogen) atoms. The second kappa shape index (κ2) is 5.80. The molecule has 0 saturated heterocycles. The Labute approximate surface area is 95.1 Å². The third kappa shape index (κ3) is 3.02. The van der Waals surface area contributed by atoms with Gasteiger partial charge in [-0.2, -0.15) is 0 Å². The van der Waals surface area contributed by atoms with Crippen LogP contribution in [0.4, 0.5) is 11.4 Å². The predicted molar refractivity (Wildman–Crippen MR) is 65.5 cm³/mol. The van der Waals surface area contributed by atoms with E-state index in [0.717, 1.165) is 5.69 Å². The van der Waals surface area contributed by atoms with Crippen molar-refractivity contribution in [1.29, 1.82) is 0 Å². The number of esters is 1. The molecule has 1 rings (SSSR count). The van der Waals surface area contributed by atoms with E-state index >= 15 is 0 Å². The van der Waals surface area contributed by atoms with Crippen LogP contribution in [0.25, 0.3) is 0 Å². The number of nitrogen functional groups attached to an aromatic ring is 1. The minimum atomic E-state index is -0.357. The summed E-state index contributed by atoms with van der Waals surface area (Å²) in [6, 6.07) is 5.04. The molecular weight excluding hydrogens is 204 g/mol. The number of rotatable bonds is 5. The number of nitrogens with one attached hydrogen (secondary N) is 1. The zero-order chi connectivity index (χ0) is 12.0. The molecule has 0 aliphatic heterocycles. The van der Waals surface area contributed by atoms with E-state index in [1.807, 2.05) is 0 Å². The van der Waals surface area contributed by atoms with Gasteiger partial charge in [-0.3, -0.25) is 0 Å². The highest BCUT2D eigenvalue weighted by Gasteiger charge is 2.08. The van der Waals surface area contributed by atoms with E-state index in [2.05, 4.69) is 11.9 Å². The quantitative estimate of drug-likeness (QED) is 0.453. The van der Waals surface area contributed by atoms with E-state index < -0.39 is 0 Å². The average molecular weight is 220 g/mol. The van der Waals surface area contributed by atoms with Gasteiger partial charge in [-0.25, -0.2) is 4.79 Å². The summed E-state index contributed by atoms with van der Waals surface area (Å²) in [7, 11) is 0. The van der Waals surface area contributed by atoms with E-state index in [1.165, 1.54) is 0 Å². The number of carbonyl (C=O) groups excluding carboxylic acids is 1. The van der Waals surface area contributed by atoms with E-state index in [-0.39, 0.29) is 5.97 Å². The SMILES string of the molecule is C=CCNc1ccc(C(=O)OCC)cc1N. The van der Waals surface area contributed by atoms with Gasteiger partial charge in [0.25, 0.3) is 0 Å². The van der Waals surface area contributed by atoms with E-state index in [9.17, 15) is 4.79 Å². The summed E-state index contributed by atoms with van der Waals surface area (Å²) in [5, 5.41) is 3.07. The normalized spacial score (nSPS) is 9.56. The molecule has 0 atom stereocenters. The Bertz CT molecular complexity index is 389. The summed E-state index contributed by atoms with van der Waals surface area (Å²) >= 11 is 0. The summed E-state index contributed by atoms with van der Waals surface area (Å²) in [6.45, 7) is 6.35. The fourth-order valence-electron chi connectivity index (χ4n) is 1.25. The van der Waals surface area contributed by atoms with Crippen LogP contribution in [0.5, 0.6) is 0 Å². The molecule has 3 N–H and O–H groups in total. The topological polar surface area (TPSA) is 64.3 Å². The van der Waals surface area contributed by atoms with Gasteiger partial charge in [-0.15, -0.1) is 6.58 Å². The van der Waals surface area contributed by atoms with Crippen LogP contribution in [-0.4, -0.2) is 19.1 Å². The summed E-state index contributed by atoms with van der Waals surface area (Å²) in [4.78, 5) is 11.4. The summed E-state index contributed by atoms with van der Waals surface area (Å²) in [6.07, 6.45) is 1.73. The molecule has 1 aromatic carbocycles. The van der Waals surface area contributed by atoms with Crippen molar-refractivity contribution in [3.05, 3.63) is 36.4 Å².